The molecule has 0 aliphatic carbocycles. The van der Waals surface area contributed by atoms with E-state index >= 15 is 0 Å². The van der Waals surface area contributed by atoms with E-state index in [1.807, 2.05) is 6.92 Å². The molecule has 0 amide bonds. The highest BCUT2D eigenvalue weighted by Crippen LogP contribution is 2.32. The molecule has 0 saturated heterocycles. The third-order valence-electron chi connectivity index (χ3n) is 3.83. The Morgan fingerprint density at radius 2 is 1.87 bits per heavy atom. The van der Waals surface area contributed by atoms with Crippen LogP contribution in [0.5, 0.6) is 0 Å². The maximum Gasteiger partial charge on any atom is 0.180 e. The van der Waals surface area contributed by atoms with Gasteiger partial charge in [0.1, 0.15) is 11.5 Å². The number of halogens is 1. The number of nitrogens with zero attached hydrogens (tertiary/aromatic N) is 1. The smallest absolute Gasteiger partial charge is 0.180 e. The lowest BCUT2D eigenvalue weighted by Crippen LogP contribution is -2.14. The van der Waals surface area contributed by atoms with Gasteiger partial charge in [-0.15, -0.1) is 0 Å². The summed E-state index contributed by atoms with van der Waals surface area (Å²) in [7, 11) is -3.46. The average molecular weight is 332 g/mol. The second kappa shape index (κ2) is 5.45. The summed E-state index contributed by atoms with van der Waals surface area (Å²) < 4.78 is 39.1. The topological polar surface area (TPSA) is 62.8 Å². The minimum Gasteiger partial charge on any atom is -0.346 e. The summed E-state index contributed by atoms with van der Waals surface area (Å²) in [6.07, 6.45) is 1.73. The van der Waals surface area contributed by atoms with Gasteiger partial charge in [-0.3, -0.25) is 0 Å². The van der Waals surface area contributed by atoms with Crippen LogP contribution in [0.4, 0.5) is 4.39 Å². The van der Waals surface area contributed by atoms with Crippen molar-refractivity contribution >= 4 is 20.9 Å². The Balaban J connectivity index is 2.29. The lowest BCUT2D eigenvalue weighted by Gasteiger charge is -2.11. The van der Waals surface area contributed by atoms with Crippen molar-refractivity contribution in [2.75, 3.05) is 0 Å². The maximum absolute atomic E-state index is 14.4. The quantitative estimate of drug-likeness (QED) is 0.741. The zero-order chi connectivity index (χ0) is 16.8. The van der Waals surface area contributed by atoms with Gasteiger partial charge in [0, 0.05) is 22.8 Å². The second-order valence-corrected chi connectivity index (χ2v) is 8.29. The molecule has 0 aliphatic heterocycles. The first-order valence-electron chi connectivity index (χ1n) is 7.29. The molecule has 0 radical (unpaired) electrons. The summed E-state index contributed by atoms with van der Waals surface area (Å²) in [5.41, 5.74) is 2.27. The number of aromatic amines is 1. The minimum atomic E-state index is -3.46. The molecule has 0 saturated carbocycles. The van der Waals surface area contributed by atoms with Gasteiger partial charge >= 0.3 is 0 Å². The van der Waals surface area contributed by atoms with Gasteiger partial charge in [-0.2, -0.15) is 0 Å². The molecule has 120 valence electrons. The molecule has 2 heterocycles. The highest BCUT2D eigenvalue weighted by Gasteiger charge is 2.21. The fraction of sp³-hybridized carbons (Fsp3) is 0.235. The normalized spacial score (nSPS) is 12.2. The molecule has 0 atom stereocenters. The number of sulfone groups is 1. The summed E-state index contributed by atoms with van der Waals surface area (Å²) in [5.74, 6) is -0.458. The van der Waals surface area contributed by atoms with Gasteiger partial charge in [-0.05, 0) is 56.7 Å². The van der Waals surface area contributed by atoms with Crippen LogP contribution in [0.25, 0.3) is 22.2 Å². The minimum absolute atomic E-state index is 0.127. The van der Waals surface area contributed by atoms with E-state index in [2.05, 4.69) is 9.97 Å². The summed E-state index contributed by atoms with van der Waals surface area (Å²) in [6, 6.07) is 7.50. The molecule has 0 spiro atoms. The Bertz CT molecular complexity index is 991. The molecule has 1 N–H and O–H groups in total. The van der Waals surface area contributed by atoms with Crippen LogP contribution in [0.2, 0.25) is 0 Å². The highest BCUT2D eigenvalue weighted by molar-refractivity contribution is 7.92. The summed E-state index contributed by atoms with van der Waals surface area (Å²) >= 11 is 0. The fourth-order valence-corrected chi connectivity index (χ4v) is 3.63. The molecule has 23 heavy (non-hydrogen) atoms. The molecule has 2 aromatic heterocycles. The molecule has 1 aromatic carbocycles. The van der Waals surface area contributed by atoms with Crippen molar-refractivity contribution in [3.05, 3.63) is 48.0 Å². The summed E-state index contributed by atoms with van der Waals surface area (Å²) in [5, 5.41) is 0.195. The van der Waals surface area contributed by atoms with Crippen molar-refractivity contribution in [1.29, 1.82) is 0 Å². The van der Waals surface area contributed by atoms with Gasteiger partial charge in [0.05, 0.1) is 10.1 Å². The van der Waals surface area contributed by atoms with E-state index in [-0.39, 0.29) is 10.5 Å². The molecule has 3 rings (SSSR count). The zero-order valence-electron chi connectivity index (χ0n) is 13.1. The van der Waals surface area contributed by atoms with E-state index in [9.17, 15) is 12.8 Å². The molecule has 6 heteroatoms. The Hall–Kier alpha value is -2.21. The molecular formula is C17H17FN2O2S. The van der Waals surface area contributed by atoms with Crippen LogP contribution in [-0.4, -0.2) is 23.6 Å². The summed E-state index contributed by atoms with van der Waals surface area (Å²) in [6.45, 7) is 5.04. The van der Waals surface area contributed by atoms with Crippen LogP contribution in [0.15, 0.2) is 41.4 Å². The fourth-order valence-electron chi connectivity index (χ4n) is 2.55. The lowest BCUT2D eigenvalue weighted by atomic mass is 10.0. The Morgan fingerprint density at radius 3 is 2.57 bits per heavy atom. The van der Waals surface area contributed by atoms with Crippen molar-refractivity contribution < 1.29 is 12.8 Å². The van der Waals surface area contributed by atoms with Crippen molar-refractivity contribution in [3.8, 4) is 11.1 Å². The molecule has 0 fully saturated rings. The van der Waals surface area contributed by atoms with Crippen molar-refractivity contribution in [3.63, 3.8) is 0 Å². The van der Waals surface area contributed by atoms with Gasteiger partial charge in [0.15, 0.2) is 9.84 Å². The monoisotopic (exact) mass is 332 g/mol. The molecule has 4 nitrogen and oxygen atoms in total. The van der Waals surface area contributed by atoms with E-state index in [4.69, 9.17) is 0 Å². The number of fused-ring (bicyclic) bond motifs is 1. The van der Waals surface area contributed by atoms with Gasteiger partial charge in [0.25, 0.3) is 0 Å². The molecule has 3 aromatic rings. The van der Waals surface area contributed by atoms with E-state index in [0.29, 0.717) is 11.2 Å². The first-order valence-corrected chi connectivity index (χ1v) is 8.84. The summed E-state index contributed by atoms with van der Waals surface area (Å²) in [4.78, 5) is 7.48. The van der Waals surface area contributed by atoms with Crippen LogP contribution in [0.1, 0.15) is 19.5 Å². The standard InChI is InChI=1S/C17H17FN2O2S/c1-10(2)23(21,22)12-4-5-16(18)15(9-12)14-8-11(3)20-17-13(14)6-7-19-17/h4-10H,1-3H3,(H,19,20). The molecule has 0 bridgehead atoms. The first-order chi connectivity index (χ1) is 10.8. The number of H-pyrrole nitrogens is 1. The van der Waals surface area contributed by atoms with Crippen LogP contribution >= 0.6 is 0 Å². The van der Waals surface area contributed by atoms with Crippen LogP contribution in [0.3, 0.4) is 0 Å². The molecular weight excluding hydrogens is 315 g/mol. The number of aromatic nitrogens is 2. The maximum atomic E-state index is 14.4. The number of hydrogen-bond donors (Lipinski definition) is 1. The highest BCUT2D eigenvalue weighted by atomic mass is 32.2. The van der Waals surface area contributed by atoms with Crippen molar-refractivity contribution in [1.82, 2.24) is 9.97 Å². The van der Waals surface area contributed by atoms with Crippen molar-refractivity contribution in [2.45, 2.75) is 30.9 Å². The third-order valence-corrected chi connectivity index (χ3v) is 5.99. The molecule has 0 unspecified atom stereocenters. The van der Waals surface area contributed by atoms with Gasteiger partial charge < -0.3 is 4.98 Å². The average Bonchev–Trinajstić information content (AvgIpc) is 2.94. The van der Waals surface area contributed by atoms with Crippen molar-refractivity contribution in [2.24, 2.45) is 0 Å². The number of nitrogens with one attached hydrogen (secondary N) is 1. The van der Waals surface area contributed by atoms with Crippen LogP contribution < -0.4 is 0 Å². The van der Waals surface area contributed by atoms with E-state index in [1.54, 1.807) is 32.2 Å². The SMILES string of the molecule is Cc1cc(-c2cc(S(=O)(=O)C(C)C)ccc2F)c2cc[nH]c2n1. The number of hydrogen-bond acceptors (Lipinski definition) is 3. The van der Waals surface area contributed by atoms with E-state index in [0.717, 1.165) is 11.1 Å². The third kappa shape index (κ3) is 2.63. The first kappa shape index (κ1) is 15.7. The number of rotatable bonds is 3. The van der Waals surface area contributed by atoms with Gasteiger partial charge in [-0.25, -0.2) is 17.8 Å². The number of aryl methyl sites for hydroxylation is 1. The second-order valence-electron chi connectivity index (χ2n) is 5.79. The van der Waals surface area contributed by atoms with Crippen LogP contribution in [0, 0.1) is 12.7 Å². The lowest BCUT2D eigenvalue weighted by molar-refractivity contribution is 0.586. The predicted octanol–water partition coefficient (Wildman–Crippen LogP) is 3.86. The Morgan fingerprint density at radius 1 is 1.13 bits per heavy atom. The Kier molecular flexibility index (Phi) is 3.72. The molecule has 0 aliphatic rings. The van der Waals surface area contributed by atoms with Crippen LogP contribution in [-0.2, 0) is 9.84 Å². The largest absolute Gasteiger partial charge is 0.346 e. The Labute approximate surface area is 134 Å². The number of pyridine rings is 1. The zero-order valence-corrected chi connectivity index (χ0v) is 13.9. The van der Waals surface area contributed by atoms with E-state index in [1.165, 1.54) is 18.2 Å². The van der Waals surface area contributed by atoms with E-state index < -0.39 is 20.9 Å². The van der Waals surface area contributed by atoms with Gasteiger partial charge in [0.2, 0.25) is 0 Å². The number of benzene rings is 1. The van der Waals surface area contributed by atoms with Gasteiger partial charge in [-0.1, -0.05) is 0 Å². The predicted molar refractivity (Wildman–Crippen MR) is 88.5 cm³/mol.